The smallest absolute Gasteiger partial charge is 0.384 e. The van der Waals surface area contributed by atoms with E-state index in [-0.39, 0.29) is 0 Å². The van der Waals surface area contributed by atoms with Crippen LogP contribution in [0.1, 0.15) is 20.3 Å². The van der Waals surface area contributed by atoms with E-state index in [2.05, 4.69) is 11.3 Å². The Kier molecular flexibility index (Phi) is 7.90. The van der Waals surface area contributed by atoms with Crippen LogP contribution in [-0.4, -0.2) is 60.0 Å². The highest BCUT2D eigenvalue weighted by molar-refractivity contribution is 5.86. The molecule has 0 aliphatic heterocycles. The molecule has 0 heterocycles. The van der Waals surface area contributed by atoms with Crippen molar-refractivity contribution in [2.45, 2.75) is 67.6 Å². The molecule has 0 aliphatic rings. The van der Waals surface area contributed by atoms with Crippen LogP contribution >= 0.6 is 0 Å². The second-order valence-electron chi connectivity index (χ2n) is 6.71. The van der Waals surface area contributed by atoms with Crippen LogP contribution in [0.2, 0.25) is 0 Å². The Morgan fingerprint density at radius 2 is 0.939 bits per heavy atom. The van der Waals surface area contributed by atoms with Crippen LogP contribution < -0.4 is 0 Å². The Morgan fingerprint density at radius 3 is 1.24 bits per heavy atom. The maximum atomic E-state index is 13.6. The molecule has 33 heavy (non-hydrogen) atoms. The molecule has 18 heteroatoms. The molecule has 0 aliphatic carbocycles. The summed E-state index contributed by atoms with van der Waals surface area (Å²) in [6, 6.07) is 0. The standard InChI is InChI=1S/C15H12F16O2/c1-6(2)7(32)33-5-4-9(18,19)11(22,23)13(26,27)15(30,31)14(28,29)12(24,25)10(20,21)8(3,16)17/h1,4-5H2,2-3H3. The monoisotopic (exact) mass is 528 g/mol. The first kappa shape index (κ1) is 31.1. The lowest BCUT2D eigenvalue weighted by atomic mass is 9.87. The van der Waals surface area contributed by atoms with E-state index in [9.17, 15) is 75.0 Å². The zero-order valence-corrected chi connectivity index (χ0v) is 16.0. The molecular formula is C15H12F16O2. The number of alkyl halides is 16. The first-order valence-electron chi connectivity index (χ1n) is 7.93. The van der Waals surface area contributed by atoms with Crippen LogP contribution in [0.15, 0.2) is 12.2 Å². The Balaban J connectivity index is 6.36. The molecule has 0 spiro atoms. The second-order valence-corrected chi connectivity index (χ2v) is 6.71. The topological polar surface area (TPSA) is 26.3 Å². The lowest BCUT2D eigenvalue weighted by Gasteiger charge is -2.43. The summed E-state index contributed by atoms with van der Waals surface area (Å²) < 4.78 is 217. The Labute approximate surface area is 173 Å². The Morgan fingerprint density at radius 1 is 0.636 bits per heavy atom. The Bertz CT molecular complexity index is 749. The van der Waals surface area contributed by atoms with E-state index in [0.717, 1.165) is 6.92 Å². The minimum Gasteiger partial charge on any atom is -0.462 e. The van der Waals surface area contributed by atoms with Crippen molar-refractivity contribution in [2.24, 2.45) is 0 Å². The molecule has 0 N–H and O–H groups in total. The molecule has 0 aromatic rings. The normalized spacial score (nSPS) is 15.5. The van der Waals surface area contributed by atoms with E-state index in [1.165, 1.54) is 0 Å². The third-order valence-corrected chi connectivity index (χ3v) is 3.98. The molecule has 0 aromatic heterocycles. The van der Waals surface area contributed by atoms with Crippen molar-refractivity contribution in [3.05, 3.63) is 12.2 Å². The number of rotatable bonds is 11. The van der Waals surface area contributed by atoms with Gasteiger partial charge in [0.25, 0.3) is 0 Å². The van der Waals surface area contributed by atoms with Gasteiger partial charge in [-0.2, -0.15) is 70.2 Å². The molecule has 0 rings (SSSR count). The summed E-state index contributed by atoms with van der Waals surface area (Å²) in [4.78, 5) is 10.9. The van der Waals surface area contributed by atoms with Crippen molar-refractivity contribution in [1.82, 2.24) is 0 Å². The van der Waals surface area contributed by atoms with E-state index < -0.39 is 78.9 Å². The van der Waals surface area contributed by atoms with Gasteiger partial charge in [-0.15, -0.1) is 0 Å². The van der Waals surface area contributed by atoms with Gasteiger partial charge in [0.05, 0.1) is 13.0 Å². The molecule has 0 fully saturated rings. The van der Waals surface area contributed by atoms with Crippen molar-refractivity contribution in [1.29, 1.82) is 0 Å². The lowest BCUT2D eigenvalue weighted by molar-refractivity contribution is -0.452. The zero-order chi connectivity index (χ0) is 27.3. The lowest BCUT2D eigenvalue weighted by Crippen LogP contribution is -2.74. The first-order chi connectivity index (χ1) is 14.1. The largest absolute Gasteiger partial charge is 0.462 e. The highest BCUT2D eigenvalue weighted by Gasteiger charge is 2.94. The summed E-state index contributed by atoms with van der Waals surface area (Å²) in [6.45, 7) is 0.594. The van der Waals surface area contributed by atoms with Crippen LogP contribution in [0.3, 0.4) is 0 Å². The maximum absolute atomic E-state index is 13.6. The van der Waals surface area contributed by atoms with Crippen molar-refractivity contribution in [3.8, 4) is 0 Å². The van der Waals surface area contributed by atoms with E-state index in [0.29, 0.717) is 0 Å². The fraction of sp³-hybridized carbons (Fsp3) is 0.800. The molecule has 0 saturated heterocycles. The predicted octanol–water partition coefficient (Wildman–Crippen LogP) is 6.60. The Hall–Kier alpha value is -1.91. The van der Waals surface area contributed by atoms with Crippen molar-refractivity contribution in [3.63, 3.8) is 0 Å². The summed E-state index contributed by atoms with van der Waals surface area (Å²) in [7, 11) is 0. The SMILES string of the molecule is C=C(C)C(=O)OCCC(F)(F)C(F)(F)C(F)(F)C(F)(F)C(F)(F)C(F)(F)C(F)(F)C(C)(F)F. The van der Waals surface area contributed by atoms with E-state index >= 15 is 0 Å². The fourth-order valence-corrected chi connectivity index (χ4v) is 1.85. The minimum absolute atomic E-state index is 0.558. The quantitative estimate of drug-likeness (QED) is 0.172. The van der Waals surface area contributed by atoms with Crippen LogP contribution in [0.5, 0.6) is 0 Å². The summed E-state index contributed by atoms with van der Waals surface area (Å²) in [6.07, 6.45) is -2.78. The van der Waals surface area contributed by atoms with E-state index in [1.54, 1.807) is 0 Å². The summed E-state index contributed by atoms with van der Waals surface area (Å²) in [5, 5.41) is 0. The molecule has 196 valence electrons. The molecule has 0 radical (unpaired) electrons. The number of hydrogen-bond acceptors (Lipinski definition) is 2. The van der Waals surface area contributed by atoms with Gasteiger partial charge in [0.15, 0.2) is 0 Å². The average molecular weight is 528 g/mol. The number of carbonyl (C=O) groups is 1. The molecule has 2 nitrogen and oxygen atoms in total. The molecule has 0 aromatic carbocycles. The van der Waals surface area contributed by atoms with Gasteiger partial charge in [-0.25, -0.2) is 4.79 Å². The van der Waals surface area contributed by atoms with Crippen molar-refractivity contribution in [2.75, 3.05) is 6.61 Å². The maximum Gasteiger partial charge on any atom is 0.384 e. The number of esters is 1. The molecule has 0 unspecified atom stereocenters. The van der Waals surface area contributed by atoms with Crippen LogP contribution in [0.25, 0.3) is 0 Å². The summed E-state index contributed by atoms with van der Waals surface area (Å²) in [5.74, 6) is -62.9. The highest BCUT2D eigenvalue weighted by Crippen LogP contribution is 2.63. The molecule has 0 bridgehead atoms. The second kappa shape index (κ2) is 8.39. The third kappa shape index (κ3) is 4.57. The van der Waals surface area contributed by atoms with Gasteiger partial charge in [-0.1, -0.05) is 6.58 Å². The van der Waals surface area contributed by atoms with Gasteiger partial charge in [0.1, 0.15) is 0 Å². The molecule has 0 saturated carbocycles. The van der Waals surface area contributed by atoms with E-state index in [4.69, 9.17) is 0 Å². The highest BCUT2D eigenvalue weighted by atomic mass is 19.4. The molecule has 0 atom stereocenters. The number of ether oxygens (including phenoxy) is 1. The van der Waals surface area contributed by atoms with Crippen LogP contribution in [0, 0.1) is 0 Å². The summed E-state index contributed by atoms with van der Waals surface area (Å²) >= 11 is 0. The number of hydrogen-bond donors (Lipinski definition) is 0. The van der Waals surface area contributed by atoms with Crippen LogP contribution in [-0.2, 0) is 9.53 Å². The van der Waals surface area contributed by atoms with Gasteiger partial charge in [-0.3, -0.25) is 0 Å². The van der Waals surface area contributed by atoms with Gasteiger partial charge in [0.2, 0.25) is 0 Å². The van der Waals surface area contributed by atoms with Gasteiger partial charge in [0, 0.05) is 12.5 Å². The fourth-order valence-electron chi connectivity index (χ4n) is 1.85. The minimum atomic E-state index is -8.46. The third-order valence-electron chi connectivity index (χ3n) is 3.98. The van der Waals surface area contributed by atoms with Gasteiger partial charge < -0.3 is 4.74 Å². The van der Waals surface area contributed by atoms with Gasteiger partial charge >= 0.3 is 53.3 Å². The zero-order valence-electron chi connectivity index (χ0n) is 16.0. The van der Waals surface area contributed by atoms with Crippen molar-refractivity contribution < 1.29 is 79.8 Å². The van der Waals surface area contributed by atoms with Crippen LogP contribution in [0.4, 0.5) is 70.2 Å². The average Bonchev–Trinajstić information content (AvgIpc) is 2.59. The van der Waals surface area contributed by atoms with Gasteiger partial charge in [-0.05, 0) is 6.92 Å². The first-order valence-corrected chi connectivity index (χ1v) is 7.93. The predicted molar refractivity (Wildman–Crippen MR) is 75.6 cm³/mol. The van der Waals surface area contributed by atoms with E-state index in [1.807, 2.05) is 0 Å². The molecular weight excluding hydrogens is 516 g/mol. The van der Waals surface area contributed by atoms with Crippen molar-refractivity contribution >= 4 is 5.97 Å². The number of carbonyl (C=O) groups excluding carboxylic acids is 1. The summed E-state index contributed by atoms with van der Waals surface area (Å²) in [5.41, 5.74) is -0.558. The molecule has 0 amide bonds. The number of halogens is 16.